The Kier molecular flexibility index (Phi) is 3.04. The second kappa shape index (κ2) is 5.00. The molecule has 0 amide bonds. The molecule has 20 heavy (non-hydrogen) atoms. The van der Waals surface area contributed by atoms with Crippen LogP contribution in [-0.2, 0) is 6.54 Å². The minimum Gasteiger partial charge on any atom is -0.463 e. The van der Waals surface area contributed by atoms with E-state index in [9.17, 15) is 10.1 Å². The van der Waals surface area contributed by atoms with Crippen LogP contribution in [-0.4, -0.2) is 14.7 Å². The van der Waals surface area contributed by atoms with E-state index in [1.54, 1.807) is 29.1 Å². The molecule has 0 aliphatic heterocycles. The first-order chi connectivity index (χ1) is 9.72. The largest absolute Gasteiger partial charge is 0.463 e. The summed E-state index contributed by atoms with van der Waals surface area (Å²) in [6, 6.07) is 12.0. The molecule has 0 saturated carbocycles. The topological polar surface area (TPSA) is 74.1 Å². The van der Waals surface area contributed by atoms with E-state index < -0.39 is 4.92 Å². The second-order valence-electron chi connectivity index (χ2n) is 4.30. The zero-order valence-corrected chi connectivity index (χ0v) is 10.5. The zero-order valence-electron chi connectivity index (χ0n) is 10.5. The van der Waals surface area contributed by atoms with Crippen molar-refractivity contribution in [1.82, 2.24) is 9.78 Å². The van der Waals surface area contributed by atoms with Crippen LogP contribution in [0.25, 0.3) is 11.5 Å². The molecule has 0 unspecified atom stereocenters. The molecule has 0 bridgehead atoms. The van der Waals surface area contributed by atoms with E-state index >= 15 is 0 Å². The lowest BCUT2D eigenvalue weighted by atomic mass is 10.2. The SMILES string of the molecule is O=[N+]([O-])c1cccc(Cn2ccc(-c3ccco3)n2)c1. The first-order valence-electron chi connectivity index (χ1n) is 6.03. The van der Waals surface area contributed by atoms with Gasteiger partial charge >= 0.3 is 0 Å². The molecule has 3 rings (SSSR count). The van der Waals surface area contributed by atoms with Crippen LogP contribution in [0.1, 0.15) is 5.56 Å². The van der Waals surface area contributed by atoms with Gasteiger partial charge in [-0.3, -0.25) is 14.8 Å². The molecule has 0 aliphatic rings. The third-order valence-corrected chi connectivity index (χ3v) is 2.88. The lowest BCUT2D eigenvalue weighted by Crippen LogP contribution is -2.01. The predicted octanol–water partition coefficient (Wildman–Crippen LogP) is 3.10. The molecule has 6 heteroatoms. The molecule has 3 aromatic rings. The summed E-state index contributed by atoms with van der Waals surface area (Å²) in [4.78, 5) is 10.3. The predicted molar refractivity (Wildman–Crippen MR) is 72.1 cm³/mol. The maximum atomic E-state index is 10.7. The van der Waals surface area contributed by atoms with Crippen molar-refractivity contribution in [2.24, 2.45) is 0 Å². The highest BCUT2D eigenvalue weighted by Crippen LogP contribution is 2.18. The summed E-state index contributed by atoms with van der Waals surface area (Å²) in [6.07, 6.45) is 3.41. The minimum atomic E-state index is -0.402. The van der Waals surface area contributed by atoms with Gasteiger partial charge in [0.05, 0.1) is 17.7 Å². The van der Waals surface area contributed by atoms with Gasteiger partial charge in [0.15, 0.2) is 5.76 Å². The maximum absolute atomic E-state index is 10.7. The Bertz CT molecular complexity index is 732. The number of furan rings is 1. The van der Waals surface area contributed by atoms with Crippen molar-refractivity contribution in [3.8, 4) is 11.5 Å². The van der Waals surface area contributed by atoms with Crippen molar-refractivity contribution in [2.75, 3.05) is 0 Å². The van der Waals surface area contributed by atoms with E-state index in [4.69, 9.17) is 4.42 Å². The Morgan fingerprint density at radius 3 is 2.90 bits per heavy atom. The van der Waals surface area contributed by atoms with Crippen molar-refractivity contribution in [3.05, 3.63) is 70.6 Å². The maximum Gasteiger partial charge on any atom is 0.269 e. The number of benzene rings is 1. The fourth-order valence-electron chi connectivity index (χ4n) is 1.96. The van der Waals surface area contributed by atoms with Crippen molar-refractivity contribution in [1.29, 1.82) is 0 Å². The van der Waals surface area contributed by atoms with Crippen molar-refractivity contribution in [2.45, 2.75) is 6.54 Å². The van der Waals surface area contributed by atoms with Crippen LogP contribution >= 0.6 is 0 Å². The summed E-state index contributed by atoms with van der Waals surface area (Å²) < 4.78 is 6.99. The number of aromatic nitrogens is 2. The van der Waals surface area contributed by atoms with Gasteiger partial charge in [-0.25, -0.2) is 0 Å². The van der Waals surface area contributed by atoms with Gasteiger partial charge in [-0.05, 0) is 23.8 Å². The van der Waals surface area contributed by atoms with E-state index in [2.05, 4.69) is 5.10 Å². The number of hydrogen-bond acceptors (Lipinski definition) is 4. The van der Waals surface area contributed by atoms with Crippen molar-refractivity contribution < 1.29 is 9.34 Å². The van der Waals surface area contributed by atoms with Crippen molar-refractivity contribution in [3.63, 3.8) is 0 Å². The fourth-order valence-corrected chi connectivity index (χ4v) is 1.96. The molecule has 0 saturated heterocycles. The Hall–Kier alpha value is -2.89. The number of nitro groups is 1. The lowest BCUT2D eigenvalue weighted by Gasteiger charge is -2.01. The van der Waals surface area contributed by atoms with E-state index in [0.29, 0.717) is 12.3 Å². The molecule has 6 nitrogen and oxygen atoms in total. The third-order valence-electron chi connectivity index (χ3n) is 2.88. The molecule has 2 heterocycles. The quantitative estimate of drug-likeness (QED) is 0.538. The molecule has 100 valence electrons. The normalized spacial score (nSPS) is 10.6. The number of nitrogens with zero attached hydrogens (tertiary/aromatic N) is 3. The van der Waals surface area contributed by atoms with E-state index in [0.717, 1.165) is 11.3 Å². The number of hydrogen-bond donors (Lipinski definition) is 0. The molecule has 0 N–H and O–H groups in total. The zero-order chi connectivity index (χ0) is 13.9. The Balaban J connectivity index is 1.81. The number of non-ortho nitro benzene ring substituents is 1. The van der Waals surface area contributed by atoms with Crippen LogP contribution in [0.3, 0.4) is 0 Å². The van der Waals surface area contributed by atoms with Gasteiger partial charge < -0.3 is 4.42 Å². The highest BCUT2D eigenvalue weighted by Gasteiger charge is 2.08. The molecule has 1 aromatic carbocycles. The van der Waals surface area contributed by atoms with Gasteiger partial charge in [0.25, 0.3) is 5.69 Å². The van der Waals surface area contributed by atoms with Gasteiger partial charge in [0.1, 0.15) is 5.69 Å². The van der Waals surface area contributed by atoms with E-state index in [1.165, 1.54) is 6.07 Å². The van der Waals surface area contributed by atoms with Crippen LogP contribution < -0.4 is 0 Å². The molecule has 0 spiro atoms. The first kappa shape index (κ1) is 12.2. The smallest absolute Gasteiger partial charge is 0.269 e. The molecular formula is C14H11N3O3. The summed E-state index contributed by atoms with van der Waals surface area (Å²) in [5.74, 6) is 0.697. The summed E-state index contributed by atoms with van der Waals surface area (Å²) in [7, 11) is 0. The lowest BCUT2D eigenvalue weighted by molar-refractivity contribution is -0.384. The van der Waals surface area contributed by atoms with E-state index in [1.807, 2.05) is 24.4 Å². The minimum absolute atomic E-state index is 0.0842. The van der Waals surface area contributed by atoms with Crippen LogP contribution in [0.2, 0.25) is 0 Å². The van der Waals surface area contributed by atoms with Gasteiger partial charge in [-0.2, -0.15) is 5.10 Å². The van der Waals surface area contributed by atoms with Gasteiger partial charge in [-0.1, -0.05) is 12.1 Å². The summed E-state index contributed by atoms with van der Waals surface area (Å²) in [5, 5.41) is 15.1. The fraction of sp³-hybridized carbons (Fsp3) is 0.0714. The molecule has 0 atom stereocenters. The van der Waals surface area contributed by atoms with E-state index in [-0.39, 0.29) is 5.69 Å². The summed E-state index contributed by atoms with van der Waals surface area (Å²) in [5.41, 5.74) is 1.65. The van der Waals surface area contributed by atoms with Gasteiger partial charge in [0.2, 0.25) is 0 Å². The molecule has 0 aliphatic carbocycles. The van der Waals surface area contributed by atoms with Gasteiger partial charge in [-0.15, -0.1) is 0 Å². The average molecular weight is 269 g/mol. The Morgan fingerprint density at radius 2 is 2.15 bits per heavy atom. The molecule has 0 fully saturated rings. The van der Waals surface area contributed by atoms with Crippen LogP contribution in [0, 0.1) is 10.1 Å². The number of nitro benzene ring substituents is 1. The molecular weight excluding hydrogens is 258 g/mol. The Morgan fingerprint density at radius 1 is 1.25 bits per heavy atom. The third kappa shape index (κ3) is 2.44. The average Bonchev–Trinajstić information content (AvgIpc) is 3.09. The summed E-state index contributed by atoms with van der Waals surface area (Å²) in [6.45, 7) is 0.475. The van der Waals surface area contributed by atoms with Crippen LogP contribution in [0.5, 0.6) is 0 Å². The Labute approximate surface area is 114 Å². The van der Waals surface area contributed by atoms with Crippen molar-refractivity contribution >= 4 is 5.69 Å². The highest BCUT2D eigenvalue weighted by atomic mass is 16.6. The monoisotopic (exact) mass is 269 g/mol. The number of rotatable bonds is 4. The highest BCUT2D eigenvalue weighted by molar-refractivity contribution is 5.50. The summed E-state index contributed by atoms with van der Waals surface area (Å²) >= 11 is 0. The molecule has 0 radical (unpaired) electrons. The van der Waals surface area contributed by atoms with Gasteiger partial charge in [0, 0.05) is 18.3 Å². The van der Waals surface area contributed by atoms with Crippen LogP contribution in [0.4, 0.5) is 5.69 Å². The standard InChI is InChI=1S/C14H11N3O3/c18-17(19)12-4-1-3-11(9-12)10-16-7-6-13(15-16)14-5-2-8-20-14/h1-9H,10H2. The first-order valence-corrected chi connectivity index (χ1v) is 6.03. The second-order valence-corrected chi connectivity index (χ2v) is 4.30. The van der Waals surface area contributed by atoms with Crippen LogP contribution in [0.15, 0.2) is 59.3 Å². The molecule has 2 aromatic heterocycles.